The number of hydrogen-bond acceptors (Lipinski definition) is 2. The fourth-order valence-electron chi connectivity index (χ4n) is 1.96. The van der Waals surface area contributed by atoms with Gasteiger partial charge in [-0.15, -0.1) is 0 Å². The number of carbonyl (C=O) groups is 1. The van der Waals surface area contributed by atoms with Crippen LogP contribution in [0.15, 0.2) is 35.1 Å². The number of rotatable bonds is 3. The maximum atomic E-state index is 11.9. The molecule has 1 aliphatic carbocycles. The molecule has 0 bridgehead atoms. The van der Waals surface area contributed by atoms with Crippen LogP contribution in [0.3, 0.4) is 0 Å². The second kappa shape index (κ2) is 4.76. The third kappa shape index (κ3) is 2.76. The minimum Gasteiger partial charge on any atom is -0.335 e. The molecule has 1 aliphatic rings. The number of pyridine rings is 1. The van der Waals surface area contributed by atoms with Crippen molar-refractivity contribution in [3.05, 3.63) is 46.2 Å². The lowest BCUT2D eigenvalue weighted by Gasteiger charge is -2.07. The number of H-pyrrole nitrogens is 1. The van der Waals surface area contributed by atoms with Crippen LogP contribution in [-0.4, -0.2) is 17.1 Å². The first-order chi connectivity index (χ1) is 9.22. The molecule has 3 rings (SSSR count). The van der Waals surface area contributed by atoms with E-state index in [1.165, 1.54) is 0 Å². The second-order valence-corrected chi connectivity index (χ2v) is 4.81. The highest BCUT2D eigenvalue weighted by atomic mass is 16.2. The van der Waals surface area contributed by atoms with E-state index < -0.39 is 0 Å². The molecule has 1 fully saturated rings. The summed E-state index contributed by atoms with van der Waals surface area (Å²) in [7, 11) is 0. The van der Waals surface area contributed by atoms with Gasteiger partial charge in [0.05, 0.1) is 0 Å². The minimum atomic E-state index is -0.213. The molecule has 3 N–H and O–H groups in total. The fourth-order valence-corrected chi connectivity index (χ4v) is 1.96. The largest absolute Gasteiger partial charge is 0.335 e. The Balaban J connectivity index is 1.74. The first-order valence-corrected chi connectivity index (χ1v) is 6.38. The summed E-state index contributed by atoms with van der Waals surface area (Å²) in [4.78, 5) is 26.2. The van der Waals surface area contributed by atoms with Gasteiger partial charge in [0.1, 0.15) is 0 Å². The van der Waals surface area contributed by atoms with Gasteiger partial charge in [0.2, 0.25) is 0 Å². The summed E-state index contributed by atoms with van der Waals surface area (Å²) >= 11 is 0. The zero-order valence-electron chi connectivity index (χ0n) is 10.4. The number of nitrogens with one attached hydrogen (secondary N) is 3. The Kier molecular flexibility index (Phi) is 2.95. The molecule has 0 unspecified atom stereocenters. The van der Waals surface area contributed by atoms with Gasteiger partial charge in [-0.2, -0.15) is 0 Å². The number of benzene rings is 1. The van der Waals surface area contributed by atoms with E-state index >= 15 is 0 Å². The normalized spacial score (nSPS) is 14.3. The Morgan fingerprint density at radius 3 is 2.89 bits per heavy atom. The number of para-hydroxylation sites is 1. The number of aromatic nitrogens is 1. The van der Waals surface area contributed by atoms with Crippen LogP contribution in [0.4, 0.5) is 4.79 Å². The zero-order chi connectivity index (χ0) is 13.2. The summed E-state index contributed by atoms with van der Waals surface area (Å²) in [6.45, 7) is 0.235. The van der Waals surface area contributed by atoms with Crippen molar-refractivity contribution in [3.63, 3.8) is 0 Å². The van der Waals surface area contributed by atoms with Gasteiger partial charge in [-0.25, -0.2) is 4.79 Å². The zero-order valence-corrected chi connectivity index (χ0v) is 10.4. The molecular weight excluding hydrogens is 242 g/mol. The van der Waals surface area contributed by atoms with Gasteiger partial charge in [-0.3, -0.25) is 4.79 Å². The summed E-state index contributed by atoms with van der Waals surface area (Å²) in [6.07, 6.45) is 2.09. The van der Waals surface area contributed by atoms with Gasteiger partial charge in [-0.1, -0.05) is 18.2 Å². The lowest BCUT2D eigenvalue weighted by Crippen LogP contribution is -2.37. The molecule has 5 nitrogen and oxygen atoms in total. The first kappa shape index (κ1) is 11.8. The quantitative estimate of drug-likeness (QED) is 0.779. The summed E-state index contributed by atoms with van der Waals surface area (Å²) in [5.74, 6) is 0. The molecule has 1 heterocycles. The highest BCUT2D eigenvalue weighted by Gasteiger charge is 2.22. The molecule has 98 valence electrons. The number of urea groups is 1. The Morgan fingerprint density at radius 2 is 2.11 bits per heavy atom. The van der Waals surface area contributed by atoms with Crippen molar-refractivity contribution in [1.82, 2.24) is 15.6 Å². The highest BCUT2D eigenvalue weighted by molar-refractivity contribution is 5.79. The van der Waals surface area contributed by atoms with E-state index in [0.717, 1.165) is 23.7 Å². The van der Waals surface area contributed by atoms with Crippen LogP contribution in [-0.2, 0) is 6.54 Å². The molecule has 19 heavy (non-hydrogen) atoms. The van der Waals surface area contributed by atoms with E-state index in [9.17, 15) is 9.59 Å². The van der Waals surface area contributed by atoms with Crippen LogP contribution in [0, 0.1) is 0 Å². The fraction of sp³-hybridized carbons (Fsp3) is 0.286. The molecule has 5 heteroatoms. The maximum Gasteiger partial charge on any atom is 0.315 e. The lowest BCUT2D eigenvalue weighted by molar-refractivity contribution is 0.240. The summed E-state index contributed by atoms with van der Waals surface area (Å²) in [5, 5.41) is 6.48. The van der Waals surface area contributed by atoms with Gasteiger partial charge in [0, 0.05) is 23.7 Å². The number of amides is 2. The van der Waals surface area contributed by atoms with Gasteiger partial charge >= 0.3 is 6.03 Å². The van der Waals surface area contributed by atoms with Crippen molar-refractivity contribution < 1.29 is 4.79 Å². The summed E-state index contributed by atoms with van der Waals surface area (Å²) in [6, 6.07) is 9.49. The third-order valence-corrected chi connectivity index (χ3v) is 3.18. The predicted molar refractivity (Wildman–Crippen MR) is 73.0 cm³/mol. The topological polar surface area (TPSA) is 74.0 Å². The predicted octanol–water partition coefficient (Wildman–Crippen LogP) is 1.49. The number of hydrogen-bond donors (Lipinski definition) is 3. The molecule has 0 spiro atoms. The van der Waals surface area contributed by atoms with Crippen LogP contribution in [0.1, 0.15) is 18.4 Å². The molecule has 0 saturated heterocycles. The van der Waals surface area contributed by atoms with Crippen LogP contribution >= 0.6 is 0 Å². The molecular formula is C14H15N3O2. The average Bonchev–Trinajstić information content (AvgIpc) is 3.20. The number of fused-ring (bicyclic) bond motifs is 1. The number of aromatic amines is 1. The van der Waals surface area contributed by atoms with Crippen molar-refractivity contribution in [3.8, 4) is 0 Å². The van der Waals surface area contributed by atoms with E-state index in [1.54, 1.807) is 0 Å². The smallest absolute Gasteiger partial charge is 0.315 e. The molecule has 0 aliphatic heterocycles. The molecule has 2 amide bonds. The van der Waals surface area contributed by atoms with E-state index in [0.29, 0.717) is 11.6 Å². The Bertz CT molecular complexity index is 674. The Hall–Kier alpha value is -2.30. The molecule has 2 aromatic rings. The monoisotopic (exact) mass is 257 g/mol. The van der Waals surface area contributed by atoms with Crippen molar-refractivity contribution >= 4 is 16.9 Å². The van der Waals surface area contributed by atoms with Crippen LogP contribution in [0.5, 0.6) is 0 Å². The van der Waals surface area contributed by atoms with Crippen LogP contribution in [0.25, 0.3) is 10.9 Å². The van der Waals surface area contributed by atoms with Crippen LogP contribution < -0.4 is 16.2 Å². The van der Waals surface area contributed by atoms with E-state index in [4.69, 9.17) is 0 Å². The maximum absolute atomic E-state index is 11.9. The second-order valence-electron chi connectivity index (χ2n) is 4.81. The molecule has 1 saturated carbocycles. The van der Waals surface area contributed by atoms with Gasteiger partial charge in [0.15, 0.2) is 0 Å². The van der Waals surface area contributed by atoms with E-state index in [1.807, 2.05) is 30.3 Å². The Morgan fingerprint density at radius 1 is 1.32 bits per heavy atom. The van der Waals surface area contributed by atoms with E-state index in [2.05, 4.69) is 15.6 Å². The van der Waals surface area contributed by atoms with Crippen LogP contribution in [0.2, 0.25) is 0 Å². The van der Waals surface area contributed by atoms with Crippen molar-refractivity contribution in [2.75, 3.05) is 0 Å². The molecule has 0 radical (unpaired) electrons. The average molecular weight is 257 g/mol. The van der Waals surface area contributed by atoms with Crippen molar-refractivity contribution in [2.45, 2.75) is 25.4 Å². The van der Waals surface area contributed by atoms with Crippen molar-refractivity contribution in [1.29, 1.82) is 0 Å². The third-order valence-electron chi connectivity index (χ3n) is 3.18. The summed E-state index contributed by atoms with van der Waals surface area (Å²) < 4.78 is 0. The lowest BCUT2D eigenvalue weighted by atomic mass is 10.1. The first-order valence-electron chi connectivity index (χ1n) is 6.38. The highest BCUT2D eigenvalue weighted by Crippen LogP contribution is 2.18. The molecule has 1 aromatic heterocycles. The Labute approximate surface area is 110 Å². The van der Waals surface area contributed by atoms with Crippen molar-refractivity contribution in [2.24, 2.45) is 0 Å². The molecule has 1 aromatic carbocycles. The van der Waals surface area contributed by atoms with Gasteiger partial charge in [-0.05, 0) is 30.4 Å². The van der Waals surface area contributed by atoms with Gasteiger partial charge in [0.25, 0.3) is 5.56 Å². The standard InChI is InChI=1S/C14H15N3O2/c18-13-10(8-15-14(19)16-11-5-6-11)7-9-3-1-2-4-12(9)17-13/h1-4,7,11H,5-6,8H2,(H,17,18)(H2,15,16,19). The van der Waals surface area contributed by atoms with E-state index in [-0.39, 0.29) is 18.1 Å². The summed E-state index contributed by atoms with van der Waals surface area (Å²) in [5.41, 5.74) is 1.20. The minimum absolute atomic E-state index is 0.162. The number of carbonyl (C=O) groups excluding carboxylic acids is 1. The molecule has 0 atom stereocenters. The SMILES string of the molecule is O=C(NCc1cc2ccccc2[nH]c1=O)NC1CC1. The van der Waals surface area contributed by atoms with Gasteiger partial charge < -0.3 is 15.6 Å².